The van der Waals surface area contributed by atoms with Crippen LogP contribution in [0.2, 0.25) is 0 Å². The molecule has 0 spiro atoms. The van der Waals surface area contributed by atoms with Crippen molar-refractivity contribution in [1.82, 2.24) is 10.2 Å². The molecule has 0 bridgehead atoms. The zero-order chi connectivity index (χ0) is 12.3. The highest BCUT2D eigenvalue weighted by atomic mass is 16.5. The minimum absolute atomic E-state index is 0.114. The Bertz CT molecular complexity index is 171. The van der Waals surface area contributed by atoms with Gasteiger partial charge in [-0.3, -0.25) is 0 Å². The first-order chi connectivity index (χ1) is 8.33. The van der Waals surface area contributed by atoms with Crippen molar-refractivity contribution >= 4 is 0 Å². The molecule has 1 aliphatic heterocycles. The van der Waals surface area contributed by atoms with E-state index in [1.165, 1.54) is 38.8 Å². The molecule has 4 nitrogen and oxygen atoms in total. The van der Waals surface area contributed by atoms with Crippen LogP contribution in [-0.4, -0.2) is 62.0 Å². The van der Waals surface area contributed by atoms with Gasteiger partial charge in [0, 0.05) is 19.1 Å². The largest absolute Gasteiger partial charge is 0.394 e. The molecule has 1 heterocycles. The number of aliphatic hydroxyl groups is 1. The Morgan fingerprint density at radius 3 is 2.53 bits per heavy atom. The summed E-state index contributed by atoms with van der Waals surface area (Å²) in [6, 6.07) is 0.519. The second-order valence-corrected chi connectivity index (χ2v) is 4.91. The third kappa shape index (κ3) is 7.71. The van der Waals surface area contributed by atoms with Gasteiger partial charge >= 0.3 is 0 Å². The molecule has 1 rings (SSSR count). The monoisotopic (exact) mass is 244 g/mol. The van der Waals surface area contributed by atoms with E-state index in [4.69, 9.17) is 9.84 Å². The third-order valence-electron chi connectivity index (χ3n) is 3.21. The molecule has 102 valence electrons. The molecule has 17 heavy (non-hydrogen) atoms. The Morgan fingerprint density at radius 1 is 1.18 bits per heavy atom. The van der Waals surface area contributed by atoms with E-state index in [1.54, 1.807) is 0 Å². The molecule has 0 aromatic rings. The van der Waals surface area contributed by atoms with E-state index < -0.39 is 0 Å². The Morgan fingerprint density at radius 2 is 1.88 bits per heavy atom. The van der Waals surface area contributed by atoms with Crippen LogP contribution in [0.25, 0.3) is 0 Å². The van der Waals surface area contributed by atoms with Gasteiger partial charge in [-0.15, -0.1) is 0 Å². The Balaban J connectivity index is 2.00. The fourth-order valence-electron chi connectivity index (χ4n) is 2.31. The van der Waals surface area contributed by atoms with Crippen LogP contribution < -0.4 is 5.32 Å². The number of rotatable bonds is 8. The Hall–Kier alpha value is -0.160. The van der Waals surface area contributed by atoms with Gasteiger partial charge in [-0.1, -0.05) is 12.8 Å². The van der Waals surface area contributed by atoms with Gasteiger partial charge in [0.1, 0.15) is 0 Å². The van der Waals surface area contributed by atoms with Crippen molar-refractivity contribution in [3.05, 3.63) is 0 Å². The van der Waals surface area contributed by atoms with Crippen molar-refractivity contribution in [2.75, 3.05) is 46.0 Å². The molecule has 0 aliphatic carbocycles. The van der Waals surface area contributed by atoms with Gasteiger partial charge < -0.3 is 20.1 Å². The quantitative estimate of drug-likeness (QED) is 0.621. The summed E-state index contributed by atoms with van der Waals surface area (Å²) in [5.74, 6) is 0. The van der Waals surface area contributed by atoms with E-state index in [2.05, 4.69) is 17.1 Å². The second kappa shape index (κ2) is 9.83. The highest BCUT2D eigenvalue weighted by Gasteiger charge is 2.11. The molecule has 1 aliphatic rings. The maximum Gasteiger partial charge on any atom is 0.0698 e. The predicted octanol–water partition coefficient (Wildman–Crippen LogP) is 0.849. The maximum absolute atomic E-state index is 8.57. The van der Waals surface area contributed by atoms with Crippen LogP contribution in [-0.2, 0) is 4.74 Å². The van der Waals surface area contributed by atoms with Gasteiger partial charge in [0.15, 0.2) is 0 Å². The summed E-state index contributed by atoms with van der Waals surface area (Å²) in [5, 5.41) is 12.0. The summed E-state index contributed by atoms with van der Waals surface area (Å²) >= 11 is 0. The molecular weight excluding hydrogens is 216 g/mol. The first-order valence-corrected chi connectivity index (χ1v) is 6.97. The lowest BCUT2D eigenvalue weighted by molar-refractivity contribution is 0.0919. The average molecular weight is 244 g/mol. The molecule has 1 saturated heterocycles. The van der Waals surface area contributed by atoms with Crippen molar-refractivity contribution in [2.45, 2.75) is 38.6 Å². The minimum atomic E-state index is 0.114. The summed E-state index contributed by atoms with van der Waals surface area (Å²) in [7, 11) is 0. The summed E-state index contributed by atoms with van der Waals surface area (Å²) in [6.45, 7) is 8.00. The molecule has 1 unspecified atom stereocenters. The topological polar surface area (TPSA) is 44.7 Å². The van der Waals surface area contributed by atoms with E-state index in [9.17, 15) is 0 Å². The fourth-order valence-corrected chi connectivity index (χ4v) is 2.31. The lowest BCUT2D eigenvalue weighted by Crippen LogP contribution is -2.40. The van der Waals surface area contributed by atoms with Crippen LogP contribution in [0.15, 0.2) is 0 Å². The summed E-state index contributed by atoms with van der Waals surface area (Å²) in [5.41, 5.74) is 0. The third-order valence-corrected chi connectivity index (χ3v) is 3.21. The number of ether oxygens (including phenoxy) is 1. The zero-order valence-corrected chi connectivity index (χ0v) is 11.2. The second-order valence-electron chi connectivity index (χ2n) is 4.91. The summed E-state index contributed by atoms with van der Waals surface area (Å²) in [4.78, 5) is 2.57. The smallest absolute Gasteiger partial charge is 0.0698 e. The summed E-state index contributed by atoms with van der Waals surface area (Å²) < 4.78 is 5.22. The van der Waals surface area contributed by atoms with Gasteiger partial charge in [0.2, 0.25) is 0 Å². The predicted molar refractivity (Wildman–Crippen MR) is 70.3 cm³/mol. The molecule has 0 aromatic heterocycles. The van der Waals surface area contributed by atoms with Gasteiger partial charge in [-0.2, -0.15) is 0 Å². The maximum atomic E-state index is 8.57. The van der Waals surface area contributed by atoms with E-state index in [0.29, 0.717) is 19.3 Å². The molecule has 0 saturated carbocycles. The van der Waals surface area contributed by atoms with Crippen molar-refractivity contribution in [1.29, 1.82) is 0 Å². The van der Waals surface area contributed by atoms with Crippen LogP contribution in [0.1, 0.15) is 32.6 Å². The van der Waals surface area contributed by atoms with Crippen LogP contribution in [0.3, 0.4) is 0 Å². The number of nitrogens with zero attached hydrogens (tertiary/aromatic N) is 1. The van der Waals surface area contributed by atoms with Crippen LogP contribution in [0.4, 0.5) is 0 Å². The highest BCUT2D eigenvalue weighted by molar-refractivity contribution is 4.70. The summed E-state index contributed by atoms with van der Waals surface area (Å²) in [6.07, 6.45) is 5.50. The Labute approximate surface area is 105 Å². The molecule has 1 fully saturated rings. The van der Waals surface area contributed by atoms with Gasteiger partial charge in [0.25, 0.3) is 0 Å². The minimum Gasteiger partial charge on any atom is -0.394 e. The molecule has 0 amide bonds. The molecule has 4 heteroatoms. The molecule has 1 atom stereocenters. The Kier molecular flexibility index (Phi) is 8.61. The fraction of sp³-hybridized carbons (Fsp3) is 1.00. The zero-order valence-electron chi connectivity index (χ0n) is 11.2. The SMILES string of the molecule is CC(CN1CCCCCC1)NCCOCCO. The normalized spacial score (nSPS) is 20.1. The van der Waals surface area contributed by atoms with Crippen molar-refractivity contribution < 1.29 is 9.84 Å². The van der Waals surface area contributed by atoms with E-state index >= 15 is 0 Å². The molecule has 0 radical (unpaired) electrons. The number of nitrogens with one attached hydrogen (secondary N) is 1. The number of aliphatic hydroxyl groups excluding tert-OH is 1. The number of hydrogen-bond acceptors (Lipinski definition) is 4. The lowest BCUT2D eigenvalue weighted by atomic mass is 10.2. The molecule has 0 aromatic carbocycles. The van der Waals surface area contributed by atoms with Crippen LogP contribution in [0, 0.1) is 0 Å². The van der Waals surface area contributed by atoms with Gasteiger partial charge in [-0.25, -0.2) is 0 Å². The van der Waals surface area contributed by atoms with Gasteiger partial charge in [-0.05, 0) is 32.9 Å². The molecular formula is C13H28N2O2. The standard InChI is InChI=1S/C13H28N2O2/c1-13(14-6-10-17-11-9-16)12-15-7-4-2-3-5-8-15/h13-14,16H,2-12H2,1H3. The van der Waals surface area contributed by atoms with E-state index in [-0.39, 0.29) is 6.61 Å². The highest BCUT2D eigenvalue weighted by Crippen LogP contribution is 2.09. The first kappa shape index (κ1) is 14.9. The lowest BCUT2D eigenvalue weighted by Gasteiger charge is -2.24. The average Bonchev–Trinajstić information content (AvgIpc) is 2.57. The van der Waals surface area contributed by atoms with Gasteiger partial charge in [0.05, 0.1) is 19.8 Å². The molecule has 2 N–H and O–H groups in total. The van der Waals surface area contributed by atoms with Crippen LogP contribution >= 0.6 is 0 Å². The van der Waals surface area contributed by atoms with E-state index in [0.717, 1.165) is 13.1 Å². The van der Waals surface area contributed by atoms with E-state index in [1.807, 2.05) is 0 Å². The number of hydrogen-bond donors (Lipinski definition) is 2. The van der Waals surface area contributed by atoms with Crippen molar-refractivity contribution in [3.63, 3.8) is 0 Å². The van der Waals surface area contributed by atoms with Crippen molar-refractivity contribution in [3.8, 4) is 0 Å². The van der Waals surface area contributed by atoms with Crippen LogP contribution in [0.5, 0.6) is 0 Å². The number of likely N-dealkylation sites (tertiary alicyclic amines) is 1. The van der Waals surface area contributed by atoms with Crippen molar-refractivity contribution in [2.24, 2.45) is 0 Å². The first-order valence-electron chi connectivity index (χ1n) is 6.97.